The van der Waals surface area contributed by atoms with Crippen molar-refractivity contribution < 1.29 is 4.79 Å². The molecule has 2 aromatic rings. The summed E-state index contributed by atoms with van der Waals surface area (Å²) >= 11 is 0. The summed E-state index contributed by atoms with van der Waals surface area (Å²) in [7, 11) is 0. The minimum atomic E-state index is -0.117. The van der Waals surface area contributed by atoms with E-state index in [0.717, 1.165) is 31.8 Å². The van der Waals surface area contributed by atoms with Gasteiger partial charge >= 0.3 is 6.03 Å². The molecule has 0 fully saturated rings. The van der Waals surface area contributed by atoms with E-state index >= 15 is 0 Å². The average molecular weight is 342 g/mol. The van der Waals surface area contributed by atoms with Crippen LogP contribution >= 0.6 is 0 Å². The molecule has 3 rings (SSSR count). The summed E-state index contributed by atoms with van der Waals surface area (Å²) in [6, 6.07) is 8.42. The number of hydrogen-bond acceptors (Lipinski definition) is 4. The zero-order chi connectivity index (χ0) is 17.6. The SMILES string of the molecule is CCN(CCNC(=O)NC1CCc2ncnn2C1)c1cccc(C)c1. The van der Waals surface area contributed by atoms with E-state index in [2.05, 4.69) is 63.7 Å². The number of nitrogens with zero attached hydrogens (tertiary/aromatic N) is 4. The van der Waals surface area contributed by atoms with Gasteiger partial charge in [0.05, 0.1) is 12.6 Å². The Bertz CT molecular complexity index is 713. The van der Waals surface area contributed by atoms with Crippen LogP contribution in [0.15, 0.2) is 30.6 Å². The van der Waals surface area contributed by atoms with Gasteiger partial charge in [0.2, 0.25) is 0 Å². The van der Waals surface area contributed by atoms with Crippen molar-refractivity contribution in [3.63, 3.8) is 0 Å². The molecule has 1 aliphatic heterocycles. The number of carbonyl (C=O) groups is 1. The zero-order valence-electron chi connectivity index (χ0n) is 14.9. The van der Waals surface area contributed by atoms with Crippen LogP contribution < -0.4 is 15.5 Å². The first-order chi connectivity index (χ1) is 12.2. The lowest BCUT2D eigenvalue weighted by atomic mass is 10.1. The van der Waals surface area contributed by atoms with E-state index in [-0.39, 0.29) is 12.1 Å². The first kappa shape index (κ1) is 17.3. The van der Waals surface area contributed by atoms with Crippen LogP contribution in [0.25, 0.3) is 0 Å². The van der Waals surface area contributed by atoms with E-state index in [1.54, 1.807) is 6.33 Å². The normalized spacial score (nSPS) is 16.2. The smallest absolute Gasteiger partial charge is 0.315 e. The number of anilines is 1. The fourth-order valence-corrected chi connectivity index (χ4v) is 3.19. The number of carbonyl (C=O) groups excluding carboxylic acids is 1. The monoisotopic (exact) mass is 342 g/mol. The van der Waals surface area contributed by atoms with E-state index in [1.807, 2.05) is 4.68 Å². The summed E-state index contributed by atoms with van der Waals surface area (Å²) in [5.74, 6) is 0.996. The Kier molecular flexibility index (Phi) is 5.53. The Balaban J connectivity index is 1.43. The van der Waals surface area contributed by atoms with Gasteiger partial charge in [-0.15, -0.1) is 0 Å². The minimum absolute atomic E-state index is 0.105. The molecule has 1 aliphatic rings. The van der Waals surface area contributed by atoms with Crippen molar-refractivity contribution in [3.8, 4) is 0 Å². The Morgan fingerprint density at radius 1 is 1.44 bits per heavy atom. The van der Waals surface area contributed by atoms with Crippen molar-refractivity contribution in [2.24, 2.45) is 0 Å². The molecule has 1 aromatic heterocycles. The number of amides is 2. The van der Waals surface area contributed by atoms with E-state index in [0.29, 0.717) is 13.1 Å². The van der Waals surface area contributed by atoms with Gasteiger partial charge in [0, 0.05) is 31.7 Å². The van der Waals surface area contributed by atoms with E-state index in [1.165, 1.54) is 11.3 Å². The van der Waals surface area contributed by atoms with Gasteiger partial charge in [0.25, 0.3) is 0 Å². The second-order valence-corrected chi connectivity index (χ2v) is 6.41. The highest BCUT2D eigenvalue weighted by Crippen LogP contribution is 2.15. The lowest BCUT2D eigenvalue weighted by Gasteiger charge is -2.25. The molecule has 1 unspecified atom stereocenters. The number of urea groups is 1. The van der Waals surface area contributed by atoms with E-state index in [9.17, 15) is 4.79 Å². The number of benzene rings is 1. The molecule has 0 spiro atoms. The van der Waals surface area contributed by atoms with Crippen molar-refractivity contribution in [2.45, 2.75) is 39.3 Å². The van der Waals surface area contributed by atoms with Crippen LogP contribution in [-0.2, 0) is 13.0 Å². The standard InChI is InChI=1S/C18H26N6O/c1-3-23(16-6-4-5-14(2)11-16)10-9-19-18(25)22-15-7-8-17-20-13-21-24(17)12-15/h4-6,11,13,15H,3,7-10,12H2,1-2H3,(H2,19,22,25). The molecule has 0 radical (unpaired) electrons. The van der Waals surface area contributed by atoms with Crippen LogP contribution in [0.2, 0.25) is 0 Å². The number of aromatic nitrogens is 3. The Labute approximate surface area is 148 Å². The second-order valence-electron chi connectivity index (χ2n) is 6.41. The molecule has 2 amide bonds. The van der Waals surface area contributed by atoms with Crippen molar-refractivity contribution in [3.05, 3.63) is 42.0 Å². The third-order valence-electron chi connectivity index (χ3n) is 4.56. The number of hydrogen-bond donors (Lipinski definition) is 2. The number of likely N-dealkylation sites (N-methyl/N-ethyl adjacent to an activating group) is 1. The van der Waals surface area contributed by atoms with Gasteiger partial charge in [-0.05, 0) is 38.0 Å². The van der Waals surface area contributed by atoms with Crippen molar-refractivity contribution >= 4 is 11.7 Å². The highest BCUT2D eigenvalue weighted by molar-refractivity contribution is 5.74. The number of fused-ring (bicyclic) bond motifs is 1. The molecule has 0 saturated heterocycles. The molecular formula is C18H26N6O. The summed E-state index contributed by atoms with van der Waals surface area (Å²) in [6.07, 6.45) is 3.32. The molecular weight excluding hydrogens is 316 g/mol. The summed E-state index contributed by atoms with van der Waals surface area (Å²) in [4.78, 5) is 18.6. The molecule has 0 bridgehead atoms. The van der Waals surface area contributed by atoms with Crippen molar-refractivity contribution in [1.82, 2.24) is 25.4 Å². The Morgan fingerprint density at radius 3 is 3.12 bits per heavy atom. The van der Waals surface area contributed by atoms with E-state index < -0.39 is 0 Å². The largest absolute Gasteiger partial charge is 0.370 e. The quantitative estimate of drug-likeness (QED) is 0.838. The van der Waals surface area contributed by atoms with Gasteiger partial charge in [-0.3, -0.25) is 0 Å². The third-order valence-corrected chi connectivity index (χ3v) is 4.56. The lowest BCUT2D eigenvalue weighted by molar-refractivity contribution is 0.232. The number of aryl methyl sites for hydroxylation is 2. The van der Waals surface area contributed by atoms with E-state index in [4.69, 9.17) is 0 Å². The maximum absolute atomic E-state index is 12.1. The topological polar surface area (TPSA) is 75.1 Å². The van der Waals surface area contributed by atoms with Gasteiger partial charge < -0.3 is 15.5 Å². The van der Waals surface area contributed by atoms with Gasteiger partial charge in [0.1, 0.15) is 12.2 Å². The summed E-state index contributed by atoms with van der Waals surface area (Å²) in [5, 5.41) is 10.2. The molecule has 134 valence electrons. The Hall–Kier alpha value is -2.57. The molecule has 1 atom stereocenters. The maximum atomic E-state index is 12.1. The summed E-state index contributed by atoms with van der Waals surface area (Å²) in [6.45, 7) is 7.20. The van der Waals surface area contributed by atoms with Crippen LogP contribution in [0.4, 0.5) is 10.5 Å². The molecule has 7 heteroatoms. The number of rotatable bonds is 6. The highest BCUT2D eigenvalue weighted by Gasteiger charge is 2.21. The van der Waals surface area contributed by atoms with Gasteiger partial charge in [-0.1, -0.05) is 12.1 Å². The Morgan fingerprint density at radius 2 is 2.32 bits per heavy atom. The fourth-order valence-electron chi connectivity index (χ4n) is 3.19. The number of nitrogens with one attached hydrogen (secondary N) is 2. The molecule has 0 aliphatic carbocycles. The first-order valence-corrected chi connectivity index (χ1v) is 8.88. The minimum Gasteiger partial charge on any atom is -0.370 e. The lowest BCUT2D eigenvalue weighted by Crippen LogP contribution is -2.47. The van der Waals surface area contributed by atoms with Gasteiger partial charge in [-0.25, -0.2) is 14.5 Å². The predicted octanol–water partition coefficient (Wildman–Crippen LogP) is 1.73. The molecule has 0 saturated carbocycles. The summed E-state index contributed by atoms with van der Waals surface area (Å²) < 4.78 is 1.87. The maximum Gasteiger partial charge on any atom is 0.315 e. The van der Waals surface area contributed by atoms with Crippen LogP contribution in [-0.4, -0.2) is 46.5 Å². The molecule has 2 N–H and O–H groups in total. The predicted molar refractivity (Wildman–Crippen MR) is 97.7 cm³/mol. The zero-order valence-corrected chi connectivity index (χ0v) is 14.9. The third kappa shape index (κ3) is 4.49. The summed E-state index contributed by atoms with van der Waals surface area (Å²) in [5.41, 5.74) is 2.43. The van der Waals surface area contributed by atoms with Gasteiger partial charge in [0.15, 0.2) is 0 Å². The molecule has 25 heavy (non-hydrogen) atoms. The van der Waals surface area contributed by atoms with Crippen LogP contribution in [0, 0.1) is 6.92 Å². The van der Waals surface area contributed by atoms with Crippen molar-refractivity contribution in [2.75, 3.05) is 24.5 Å². The van der Waals surface area contributed by atoms with Crippen LogP contribution in [0.1, 0.15) is 24.7 Å². The second kappa shape index (κ2) is 8.00. The van der Waals surface area contributed by atoms with Crippen LogP contribution in [0.3, 0.4) is 0 Å². The fraction of sp³-hybridized carbons (Fsp3) is 0.500. The molecule has 1 aromatic carbocycles. The molecule has 7 nitrogen and oxygen atoms in total. The highest BCUT2D eigenvalue weighted by atomic mass is 16.2. The van der Waals surface area contributed by atoms with Crippen molar-refractivity contribution in [1.29, 1.82) is 0 Å². The molecule has 2 heterocycles. The average Bonchev–Trinajstić information content (AvgIpc) is 3.06. The van der Waals surface area contributed by atoms with Crippen LogP contribution in [0.5, 0.6) is 0 Å². The van der Waals surface area contributed by atoms with Gasteiger partial charge in [-0.2, -0.15) is 5.10 Å². The first-order valence-electron chi connectivity index (χ1n) is 8.88.